The van der Waals surface area contributed by atoms with Crippen molar-refractivity contribution in [3.05, 3.63) is 33.9 Å². The van der Waals surface area contributed by atoms with Crippen molar-refractivity contribution in [2.75, 3.05) is 13.1 Å². The predicted octanol–water partition coefficient (Wildman–Crippen LogP) is 1.77. The molecule has 5 nitrogen and oxygen atoms in total. The molecule has 0 aromatic heterocycles. The second kappa shape index (κ2) is 4.49. The zero-order chi connectivity index (χ0) is 11.5. The van der Waals surface area contributed by atoms with Crippen molar-refractivity contribution in [3.63, 3.8) is 0 Å². The van der Waals surface area contributed by atoms with Gasteiger partial charge in [-0.05, 0) is 44.0 Å². The van der Waals surface area contributed by atoms with Gasteiger partial charge in [-0.2, -0.15) is 0 Å². The number of rotatable bonds is 2. The Morgan fingerprint density at radius 3 is 2.69 bits per heavy atom. The summed E-state index contributed by atoms with van der Waals surface area (Å²) in [5.41, 5.74) is 0.774. The molecule has 0 bridgehead atoms. The van der Waals surface area contributed by atoms with Crippen molar-refractivity contribution in [3.8, 4) is 5.75 Å². The number of phenols is 1. The number of hydrogen-bond acceptors (Lipinski definition) is 4. The van der Waals surface area contributed by atoms with Crippen LogP contribution in [0.5, 0.6) is 5.75 Å². The molecule has 0 aliphatic carbocycles. The molecule has 16 heavy (non-hydrogen) atoms. The van der Waals surface area contributed by atoms with Crippen LogP contribution in [-0.2, 0) is 0 Å². The minimum absolute atomic E-state index is 0.0964. The van der Waals surface area contributed by atoms with Gasteiger partial charge < -0.3 is 10.4 Å². The molecule has 1 fully saturated rings. The summed E-state index contributed by atoms with van der Waals surface area (Å²) >= 11 is 0. The van der Waals surface area contributed by atoms with Crippen LogP contribution in [0, 0.1) is 10.1 Å². The van der Waals surface area contributed by atoms with Gasteiger partial charge in [0.05, 0.1) is 4.92 Å². The zero-order valence-electron chi connectivity index (χ0n) is 8.85. The fraction of sp³-hybridized carbons (Fsp3) is 0.455. The number of phenolic OH excluding ortho intramolecular Hbond substituents is 1. The Hall–Kier alpha value is -1.62. The van der Waals surface area contributed by atoms with Gasteiger partial charge in [0.1, 0.15) is 5.75 Å². The maximum absolute atomic E-state index is 10.9. The summed E-state index contributed by atoms with van der Waals surface area (Å²) in [4.78, 5) is 10.5. The lowest BCUT2D eigenvalue weighted by Crippen LogP contribution is -2.26. The van der Waals surface area contributed by atoms with Crippen molar-refractivity contribution in [1.82, 2.24) is 5.32 Å². The normalized spacial score (nSPS) is 17.2. The SMILES string of the molecule is O=[N+]([O-])c1ccc(O)cc1C1CCNCC1. The van der Waals surface area contributed by atoms with Crippen LogP contribution >= 0.6 is 0 Å². The van der Waals surface area contributed by atoms with E-state index < -0.39 is 0 Å². The van der Waals surface area contributed by atoms with E-state index in [-0.39, 0.29) is 22.3 Å². The molecule has 0 radical (unpaired) electrons. The zero-order valence-corrected chi connectivity index (χ0v) is 8.85. The van der Waals surface area contributed by atoms with Crippen LogP contribution < -0.4 is 5.32 Å². The van der Waals surface area contributed by atoms with E-state index in [9.17, 15) is 15.2 Å². The molecule has 1 aliphatic heterocycles. The summed E-state index contributed by atoms with van der Waals surface area (Å²) in [6.45, 7) is 1.74. The van der Waals surface area contributed by atoms with Crippen molar-refractivity contribution < 1.29 is 10.0 Å². The minimum atomic E-state index is -0.378. The fourth-order valence-electron chi connectivity index (χ4n) is 2.17. The minimum Gasteiger partial charge on any atom is -0.508 e. The van der Waals surface area contributed by atoms with Crippen LogP contribution in [0.15, 0.2) is 18.2 Å². The highest BCUT2D eigenvalue weighted by atomic mass is 16.6. The number of benzene rings is 1. The number of hydrogen-bond donors (Lipinski definition) is 2. The van der Waals surface area contributed by atoms with Gasteiger partial charge in [-0.25, -0.2) is 0 Å². The monoisotopic (exact) mass is 222 g/mol. The molecule has 0 atom stereocenters. The Morgan fingerprint density at radius 1 is 1.38 bits per heavy atom. The standard InChI is InChI=1S/C11H14N2O3/c14-9-1-2-11(13(15)16)10(7-9)8-3-5-12-6-4-8/h1-2,7-8,12,14H,3-6H2. The molecule has 5 heteroatoms. The maximum Gasteiger partial charge on any atom is 0.273 e. The molecule has 2 N–H and O–H groups in total. The molecule has 1 aromatic rings. The third-order valence-electron chi connectivity index (χ3n) is 2.99. The van der Waals surface area contributed by atoms with Crippen LogP contribution in [0.4, 0.5) is 5.69 Å². The molecule has 1 saturated heterocycles. The van der Waals surface area contributed by atoms with E-state index in [1.165, 1.54) is 18.2 Å². The van der Waals surface area contributed by atoms with Gasteiger partial charge in [-0.1, -0.05) is 0 Å². The second-order valence-electron chi connectivity index (χ2n) is 4.02. The van der Waals surface area contributed by atoms with E-state index in [0.717, 1.165) is 25.9 Å². The number of aromatic hydroxyl groups is 1. The van der Waals surface area contributed by atoms with Gasteiger partial charge in [-0.15, -0.1) is 0 Å². The summed E-state index contributed by atoms with van der Waals surface area (Å²) in [7, 11) is 0. The Balaban J connectivity index is 2.36. The number of nitrogens with one attached hydrogen (secondary N) is 1. The number of nitro groups is 1. The fourth-order valence-corrected chi connectivity index (χ4v) is 2.17. The number of nitrogens with zero attached hydrogens (tertiary/aromatic N) is 1. The Bertz CT molecular complexity index is 400. The van der Waals surface area contributed by atoms with Gasteiger partial charge in [0.15, 0.2) is 0 Å². The average molecular weight is 222 g/mol. The Kier molecular flexibility index (Phi) is 3.05. The first-order valence-corrected chi connectivity index (χ1v) is 5.36. The van der Waals surface area contributed by atoms with E-state index in [1.54, 1.807) is 0 Å². The molecule has 1 heterocycles. The van der Waals surface area contributed by atoms with E-state index in [0.29, 0.717) is 5.56 Å². The van der Waals surface area contributed by atoms with Crippen molar-refractivity contribution >= 4 is 5.69 Å². The summed E-state index contributed by atoms with van der Waals surface area (Å²) in [6, 6.07) is 4.27. The maximum atomic E-state index is 10.9. The van der Waals surface area contributed by atoms with Gasteiger partial charge in [0, 0.05) is 11.6 Å². The first-order chi connectivity index (χ1) is 7.68. The van der Waals surface area contributed by atoms with E-state index >= 15 is 0 Å². The van der Waals surface area contributed by atoms with E-state index in [2.05, 4.69) is 5.32 Å². The lowest BCUT2D eigenvalue weighted by molar-refractivity contribution is -0.385. The summed E-state index contributed by atoms with van der Waals surface area (Å²) < 4.78 is 0. The molecule has 1 aliphatic rings. The highest BCUT2D eigenvalue weighted by Gasteiger charge is 2.24. The first-order valence-electron chi connectivity index (χ1n) is 5.36. The van der Waals surface area contributed by atoms with Crippen molar-refractivity contribution in [1.29, 1.82) is 0 Å². The summed E-state index contributed by atoms with van der Waals surface area (Å²) in [6.07, 6.45) is 1.76. The van der Waals surface area contributed by atoms with Gasteiger partial charge in [-0.3, -0.25) is 10.1 Å². The quantitative estimate of drug-likeness (QED) is 0.590. The van der Waals surface area contributed by atoms with Crippen molar-refractivity contribution in [2.24, 2.45) is 0 Å². The smallest absolute Gasteiger partial charge is 0.273 e. The van der Waals surface area contributed by atoms with Crippen LogP contribution in [-0.4, -0.2) is 23.1 Å². The third-order valence-corrected chi connectivity index (χ3v) is 2.99. The van der Waals surface area contributed by atoms with Crippen molar-refractivity contribution in [2.45, 2.75) is 18.8 Å². The van der Waals surface area contributed by atoms with Gasteiger partial charge in [0.25, 0.3) is 5.69 Å². The second-order valence-corrected chi connectivity index (χ2v) is 4.02. The topological polar surface area (TPSA) is 75.4 Å². The molecule has 86 valence electrons. The van der Waals surface area contributed by atoms with Gasteiger partial charge >= 0.3 is 0 Å². The third kappa shape index (κ3) is 2.14. The number of nitro benzene ring substituents is 1. The van der Waals surface area contributed by atoms with Crippen LogP contribution in [0.25, 0.3) is 0 Å². The molecule has 0 unspecified atom stereocenters. The summed E-state index contributed by atoms with van der Waals surface area (Å²) in [5.74, 6) is 0.271. The molecule has 0 spiro atoms. The predicted molar refractivity (Wildman–Crippen MR) is 59.6 cm³/mol. The lowest BCUT2D eigenvalue weighted by Gasteiger charge is -2.22. The van der Waals surface area contributed by atoms with Crippen LogP contribution in [0.1, 0.15) is 24.3 Å². The summed E-state index contributed by atoms with van der Waals surface area (Å²) in [5, 5.41) is 23.5. The highest BCUT2D eigenvalue weighted by molar-refractivity contribution is 5.47. The largest absolute Gasteiger partial charge is 0.508 e. The van der Waals surface area contributed by atoms with Gasteiger partial charge in [0.2, 0.25) is 0 Å². The molecule has 0 amide bonds. The molecule has 0 saturated carbocycles. The van der Waals surface area contributed by atoms with E-state index in [1.807, 2.05) is 0 Å². The Labute approximate surface area is 93.2 Å². The highest BCUT2D eigenvalue weighted by Crippen LogP contribution is 2.34. The molecule has 2 rings (SSSR count). The number of piperidine rings is 1. The van der Waals surface area contributed by atoms with Crippen LogP contribution in [0.2, 0.25) is 0 Å². The molecule has 1 aromatic carbocycles. The average Bonchev–Trinajstić information content (AvgIpc) is 2.29. The molecular weight excluding hydrogens is 208 g/mol. The molecular formula is C11H14N2O3. The van der Waals surface area contributed by atoms with E-state index in [4.69, 9.17) is 0 Å². The Morgan fingerprint density at radius 2 is 2.06 bits per heavy atom. The lowest BCUT2D eigenvalue weighted by atomic mass is 9.89. The van der Waals surface area contributed by atoms with Crippen LogP contribution in [0.3, 0.4) is 0 Å². The first kappa shape index (κ1) is 10.9.